The normalized spacial score (nSPS) is 29.6. The lowest BCUT2D eigenvalue weighted by Crippen LogP contribution is -2.56. The molecule has 2 saturated heterocycles. The van der Waals surface area contributed by atoms with Crippen LogP contribution in [0.5, 0.6) is 0 Å². The summed E-state index contributed by atoms with van der Waals surface area (Å²) in [4.78, 5) is 46.3. The Morgan fingerprint density at radius 1 is 1.09 bits per heavy atom. The van der Waals surface area contributed by atoms with Gasteiger partial charge in [-0.3, -0.25) is 14.5 Å². The molecule has 0 radical (unpaired) electrons. The SMILES string of the molecule is CN(C)[C@]1(c2ccccc2)CC[C@]2(CC1)CN(CC(=O)N1CCNC(=O)C1)C(=O)N2CC1CCC1. The number of nitrogens with zero attached hydrogens (tertiary/aromatic N) is 4. The number of nitrogens with one attached hydrogen (secondary N) is 1. The summed E-state index contributed by atoms with van der Waals surface area (Å²) in [6.45, 7) is 2.53. The van der Waals surface area contributed by atoms with E-state index in [1.165, 1.54) is 24.8 Å². The van der Waals surface area contributed by atoms with E-state index in [0.717, 1.165) is 32.2 Å². The summed E-state index contributed by atoms with van der Waals surface area (Å²) in [6, 6.07) is 10.7. The third kappa shape index (κ3) is 4.41. The molecule has 1 aromatic rings. The molecule has 190 valence electrons. The van der Waals surface area contributed by atoms with Crippen molar-refractivity contribution in [3.05, 3.63) is 35.9 Å². The standard InChI is InChI=1S/C27H39N5O3/c1-29(2)27(22-9-4-3-5-10-22)13-11-26(12-14-27)20-31(25(35)32(26)17-21-7-6-8-21)19-24(34)30-16-15-28-23(33)18-30/h3-5,9-10,21H,6-8,11-20H2,1-2H3,(H,28,33)/t26-,27+. The number of piperazine rings is 1. The van der Waals surface area contributed by atoms with Crippen LogP contribution in [0.3, 0.4) is 0 Å². The molecule has 2 saturated carbocycles. The van der Waals surface area contributed by atoms with Gasteiger partial charge < -0.3 is 20.0 Å². The minimum absolute atomic E-state index is 0.00350. The van der Waals surface area contributed by atoms with E-state index >= 15 is 0 Å². The van der Waals surface area contributed by atoms with E-state index < -0.39 is 0 Å². The fourth-order valence-electron chi connectivity index (χ4n) is 6.62. The van der Waals surface area contributed by atoms with Crippen molar-refractivity contribution in [2.24, 2.45) is 5.92 Å². The van der Waals surface area contributed by atoms with Crippen molar-refractivity contribution in [1.29, 1.82) is 0 Å². The smallest absolute Gasteiger partial charge is 0.321 e. The summed E-state index contributed by atoms with van der Waals surface area (Å²) < 4.78 is 0. The van der Waals surface area contributed by atoms with Gasteiger partial charge in [0.15, 0.2) is 0 Å². The van der Waals surface area contributed by atoms with Crippen molar-refractivity contribution in [3.8, 4) is 0 Å². The minimum atomic E-state index is -0.222. The van der Waals surface area contributed by atoms with Crippen LogP contribution in [0.2, 0.25) is 0 Å². The number of hydrogen-bond donors (Lipinski definition) is 1. The van der Waals surface area contributed by atoms with Crippen LogP contribution in [-0.2, 0) is 15.1 Å². The van der Waals surface area contributed by atoms with E-state index in [9.17, 15) is 14.4 Å². The monoisotopic (exact) mass is 481 g/mol. The van der Waals surface area contributed by atoms with Crippen LogP contribution in [0.4, 0.5) is 4.79 Å². The van der Waals surface area contributed by atoms with Gasteiger partial charge in [-0.1, -0.05) is 36.8 Å². The molecule has 0 atom stereocenters. The van der Waals surface area contributed by atoms with Gasteiger partial charge in [-0.05, 0) is 64.1 Å². The average Bonchev–Trinajstić information content (AvgIpc) is 3.07. The fourth-order valence-corrected chi connectivity index (χ4v) is 6.62. The van der Waals surface area contributed by atoms with Gasteiger partial charge in [0, 0.05) is 31.7 Å². The lowest BCUT2D eigenvalue weighted by atomic mass is 9.68. The van der Waals surface area contributed by atoms with Crippen molar-refractivity contribution in [2.45, 2.75) is 56.0 Å². The Balaban J connectivity index is 1.35. The number of urea groups is 1. The number of benzene rings is 1. The summed E-state index contributed by atoms with van der Waals surface area (Å²) in [5.74, 6) is 0.317. The molecule has 35 heavy (non-hydrogen) atoms. The number of carbonyl (C=O) groups is 3. The Morgan fingerprint density at radius 2 is 1.80 bits per heavy atom. The molecule has 4 amide bonds. The molecule has 8 nitrogen and oxygen atoms in total. The maximum atomic E-state index is 13.7. The Morgan fingerprint density at radius 3 is 2.40 bits per heavy atom. The van der Waals surface area contributed by atoms with E-state index in [-0.39, 0.29) is 42.0 Å². The largest absolute Gasteiger partial charge is 0.353 e. The van der Waals surface area contributed by atoms with E-state index in [0.29, 0.717) is 25.6 Å². The first-order chi connectivity index (χ1) is 16.8. The fraction of sp³-hybridized carbons (Fsp3) is 0.667. The Bertz CT molecular complexity index is 953. The van der Waals surface area contributed by atoms with Crippen LogP contribution in [0, 0.1) is 5.92 Å². The summed E-state index contributed by atoms with van der Waals surface area (Å²) in [7, 11) is 4.33. The van der Waals surface area contributed by atoms with Crippen molar-refractivity contribution >= 4 is 17.8 Å². The van der Waals surface area contributed by atoms with Crippen molar-refractivity contribution in [1.82, 2.24) is 24.9 Å². The van der Waals surface area contributed by atoms with Crippen LogP contribution >= 0.6 is 0 Å². The molecule has 2 aliphatic heterocycles. The quantitative estimate of drug-likeness (QED) is 0.676. The molecule has 4 aliphatic rings. The summed E-state index contributed by atoms with van der Waals surface area (Å²) in [6.07, 6.45) is 7.43. The van der Waals surface area contributed by atoms with Gasteiger partial charge in [0.25, 0.3) is 0 Å². The molecule has 0 unspecified atom stereocenters. The van der Waals surface area contributed by atoms with Gasteiger partial charge >= 0.3 is 6.03 Å². The summed E-state index contributed by atoms with van der Waals surface area (Å²) in [5.41, 5.74) is 1.08. The molecule has 0 aromatic heterocycles. The molecular weight excluding hydrogens is 442 g/mol. The summed E-state index contributed by atoms with van der Waals surface area (Å²) in [5, 5.41) is 2.76. The van der Waals surface area contributed by atoms with Crippen molar-refractivity contribution in [2.75, 3.05) is 53.4 Å². The van der Waals surface area contributed by atoms with Crippen LogP contribution in [0.1, 0.15) is 50.5 Å². The zero-order chi connectivity index (χ0) is 24.6. The van der Waals surface area contributed by atoms with Crippen molar-refractivity contribution < 1.29 is 14.4 Å². The molecule has 1 aromatic carbocycles. The highest BCUT2D eigenvalue weighted by atomic mass is 16.2. The van der Waals surface area contributed by atoms with Gasteiger partial charge in [-0.15, -0.1) is 0 Å². The zero-order valence-corrected chi connectivity index (χ0v) is 21.2. The van der Waals surface area contributed by atoms with Crippen LogP contribution in [0.15, 0.2) is 30.3 Å². The molecule has 2 aliphatic carbocycles. The lowest BCUT2D eigenvalue weighted by Gasteiger charge is -2.51. The Labute approximate surface area is 208 Å². The van der Waals surface area contributed by atoms with Crippen LogP contribution in [-0.4, -0.2) is 96.3 Å². The first-order valence-corrected chi connectivity index (χ1v) is 13.2. The number of rotatable bonds is 6. The van der Waals surface area contributed by atoms with Gasteiger partial charge in [0.1, 0.15) is 6.54 Å². The topological polar surface area (TPSA) is 76.2 Å². The second-order valence-corrected chi connectivity index (χ2v) is 11.2. The predicted octanol–water partition coefficient (Wildman–Crippen LogP) is 2.25. The second kappa shape index (κ2) is 9.45. The second-order valence-electron chi connectivity index (χ2n) is 11.2. The van der Waals surface area contributed by atoms with Gasteiger partial charge in [-0.2, -0.15) is 0 Å². The minimum Gasteiger partial charge on any atom is -0.353 e. The van der Waals surface area contributed by atoms with E-state index in [1.54, 1.807) is 9.80 Å². The van der Waals surface area contributed by atoms with Crippen LogP contribution < -0.4 is 5.32 Å². The van der Waals surface area contributed by atoms with E-state index in [4.69, 9.17) is 0 Å². The van der Waals surface area contributed by atoms with Crippen molar-refractivity contribution in [3.63, 3.8) is 0 Å². The maximum absolute atomic E-state index is 13.7. The zero-order valence-electron chi connectivity index (χ0n) is 21.2. The van der Waals surface area contributed by atoms with Gasteiger partial charge in [0.2, 0.25) is 11.8 Å². The molecular formula is C27H39N5O3. The molecule has 8 heteroatoms. The van der Waals surface area contributed by atoms with Gasteiger partial charge in [0.05, 0.1) is 12.1 Å². The Kier molecular flexibility index (Phi) is 6.51. The maximum Gasteiger partial charge on any atom is 0.321 e. The Hall–Kier alpha value is -2.61. The number of hydrogen-bond acceptors (Lipinski definition) is 4. The molecule has 2 heterocycles. The molecule has 4 fully saturated rings. The van der Waals surface area contributed by atoms with Crippen LogP contribution in [0.25, 0.3) is 0 Å². The average molecular weight is 482 g/mol. The molecule has 1 spiro atoms. The molecule has 5 rings (SSSR count). The third-order valence-electron chi connectivity index (χ3n) is 9.12. The summed E-state index contributed by atoms with van der Waals surface area (Å²) >= 11 is 0. The first kappa shape index (κ1) is 24.1. The van der Waals surface area contributed by atoms with E-state index in [2.05, 4.69) is 59.5 Å². The number of amides is 4. The highest BCUT2D eigenvalue weighted by Crippen LogP contribution is 2.49. The van der Waals surface area contributed by atoms with E-state index in [1.807, 2.05) is 0 Å². The predicted molar refractivity (Wildman–Crippen MR) is 134 cm³/mol. The molecule has 1 N–H and O–H groups in total. The first-order valence-electron chi connectivity index (χ1n) is 13.2. The highest BCUT2D eigenvalue weighted by Gasteiger charge is 2.55. The lowest BCUT2D eigenvalue weighted by molar-refractivity contribution is -0.138. The highest BCUT2D eigenvalue weighted by molar-refractivity contribution is 5.89. The van der Waals surface area contributed by atoms with Gasteiger partial charge in [-0.25, -0.2) is 4.79 Å². The molecule has 0 bridgehead atoms. The third-order valence-corrected chi connectivity index (χ3v) is 9.12. The number of carbonyl (C=O) groups excluding carboxylic acids is 3.